The van der Waals surface area contributed by atoms with Gasteiger partial charge in [0.15, 0.2) is 0 Å². The lowest BCUT2D eigenvalue weighted by atomic mass is 10.1. The molecule has 1 aliphatic carbocycles. The highest BCUT2D eigenvalue weighted by molar-refractivity contribution is 8.00. The van der Waals surface area contributed by atoms with Crippen LogP contribution in [0.1, 0.15) is 19.3 Å². The van der Waals surface area contributed by atoms with Gasteiger partial charge in [-0.15, -0.1) is 11.8 Å². The Morgan fingerprint density at radius 2 is 2.15 bits per heavy atom. The first-order valence-corrected chi connectivity index (χ1v) is 8.09. The topological polar surface area (TPSA) is 78.9 Å². The summed E-state index contributed by atoms with van der Waals surface area (Å²) in [6.45, 7) is 0.653. The van der Waals surface area contributed by atoms with Crippen LogP contribution in [0, 0.1) is 5.92 Å². The van der Waals surface area contributed by atoms with Crippen LogP contribution >= 0.6 is 11.8 Å². The number of aliphatic carboxylic acids is 1. The second-order valence-electron chi connectivity index (χ2n) is 5.72. The van der Waals surface area contributed by atoms with E-state index in [4.69, 9.17) is 4.74 Å². The number of carbonyl (C=O) groups excluding carboxylic acids is 1. The van der Waals surface area contributed by atoms with Crippen molar-refractivity contribution < 1.29 is 19.4 Å². The number of carbonyl (C=O) groups is 2. The van der Waals surface area contributed by atoms with E-state index in [2.05, 4.69) is 5.32 Å². The summed E-state index contributed by atoms with van der Waals surface area (Å²) >= 11 is 1.62. The van der Waals surface area contributed by atoms with Crippen LogP contribution in [0.5, 0.6) is 0 Å². The number of rotatable bonds is 4. The molecule has 6 nitrogen and oxygen atoms in total. The first-order chi connectivity index (χ1) is 9.61. The summed E-state index contributed by atoms with van der Waals surface area (Å²) in [4.78, 5) is 25.7. The van der Waals surface area contributed by atoms with Gasteiger partial charge in [-0.3, -0.25) is 4.79 Å². The van der Waals surface area contributed by atoms with Crippen LogP contribution in [-0.2, 0) is 14.3 Å². The number of carboxylic acids is 1. The predicted molar refractivity (Wildman–Crippen MR) is 74.4 cm³/mol. The van der Waals surface area contributed by atoms with Crippen molar-refractivity contribution in [1.82, 2.24) is 10.2 Å². The van der Waals surface area contributed by atoms with Gasteiger partial charge in [-0.05, 0) is 25.2 Å². The Kier molecular flexibility index (Phi) is 3.92. The lowest BCUT2D eigenvalue weighted by molar-refractivity contribution is -0.150. The number of nitrogens with zero attached hydrogens (tertiary/aromatic N) is 1. The maximum absolute atomic E-state index is 12.7. The predicted octanol–water partition coefficient (Wildman–Crippen LogP) is 0.128. The molecule has 20 heavy (non-hydrogen) atoms. The summed E-state index contributed by atoms with van der Waals surface area (Å²) in [5.74, 6) is 0.0184. The van der Waals surface area contributed by atoms with Crippen molar-refractivity contribution >= 4 is 23.6 Å². The molecule has 4 atom stereocenters. The fourth-order valence-electron chi connectivity index (χ4n) is 2.99. The van der Waals surface area contributed by atoms with Crippen molar-refractivity contribution in [2.24, 2.45) is 5.92 Å². The van der Waals surface area contributed by atoms with Gasteiger partial charge in [0.25, 0.3) is 0 Å². The van der Waals surface area contributed by atoms with E-state index in [9.17, 15) is 14.7 Å². The number of methoxy groups -OCH3 is 1. The second kappa shape index (κ2) is 5.54. The Hall–Kier alpha value is -0.790. The van der Waals surface area contributed by atoms with Crippen LogP contribution in [0.25, 0.3) is 0 Å². The molecular formula is C13H20N2O4S. The maximum Gasteiger partial charge on any atom is 0.327 e. The van der Waals surface area contributed by atoms with Gasteiger partial charge < -0.3 is 20.1 Å². The van der Waals surface area contributed by atoms with E-state index in [1.807, 2.05) is 0 Å². The highest BCUT2D eigenvalue weighted by atomic mass is 32.2. The molecule has 2 heterocycles. The highest BCUT2D eigenvalue weighted by Gasteiger charge is 2.50. The first kappa shape index (κ1) is 14.2. The van der Waals surface area contributed by atoms with Crippen molar-refractivity contribution in [3.63, 3.8) is 0 Å². The molecule has 0 radical (unpaired) electrons. The second-order valence-corrected chi connectivity index (χ2v) is 6.86. The van der Waals surface area contributed by atoms with Gasteiger partial charge in [0.1, 0.15) is 6.04 Å². The molecule has 2 N–H and O–H groups in total. The zero-order valence-corrected chi connectivity index (χ0v) is 12.3. The minimum absolute atomic E-state index is 0.0434. The molecule has 112 valence electrons. The van der Waals surface area contributed by atoms with E-state index in [0.717, 1.165) is 12.8 Å². The molecule has 0 aromatic heterocycles. The van der Waals surface area contributed by atoms with Crippen LogP contribution in [0.15, 0.2) is 0 Å². The molecule has 2 saturated heterocycles. The Morgan fingerprint density at radius 3 is 2.70 bits per heavy atom. The Morgan fingerprint density at radius 1 is 1.40 bits per heavy atom. The van der Waals surface area contributed by atoms with E-state index in [1.54, 1.807) is 23.8 Å². The number of hydrogen-bond donors (Lipinski definition) is 2. The van der Waals surface area contributed by atoms with Gasteiger partial charge in [-0.1, -0.05) is 0 Å². The molecule has 0 aromatic rings. The van der Waals surface area contributed by atoms with Crippen LogP contribution < -0.4 is 5.32 Å². The third-order valence-corrected chi connectivity index (χ3v) is 5.78. The van der Waals surface area contributed by atoms with Crippen molar-refractivity contribution in [2.45, 2.75) is 42.8 Å². The molecule has 0 aromatic carbocycles. The zero-order valence-electron chi connectivity index (χ0n) is 11.4. The number of nitrogens with one attached hydrogen (secondary N) is 1. The van der Waals surface area contributed by atoms with Crippen molar-refractivity contribution in [1.29, 1.82) is 0 Å². The molecule has 0 bridgehead atoms. The molecule has 7 heteroatoms. The Balaban J connectivity index is 1.73. The third-order valence-electron chi connectivity index (χ3n) is 4.32. The summed E-state index contributed by atoms with van der Waals surface area (Å²) in [6.07, 6.45) is 2.88. The van der Waals surface area contributed by atoms with Gasteiger partial charge in [-0.2, -0.15) is 0 Å². The number of carboxylic acid groups (broad SMARTS) is 1. The summed E-state index contributed by atoms with van der Waals surface area (Å²) in [5, 5.41) is 12.5. The number of ether oxygens (including phenoxy) is 1. The minimum atomic E-state index is -0.893. The fraction of sp³-hybridized carbons (Fsp3) is 0.846. The smallest absolute Gasteiger partial charge is 0.327 e. The van der Waals surface area contributed by atoms with Crippen molar-refractivity contribution in [2.75, 3.05) is 19.4 Å². The van der Waals surface area contributed by atoms with Gasteiger partial charge in [0.05, 0.1) is 17.5 Å². The molecule has 0 spiro atoms. The van der Waals surface area contributed by atoms with Crippen molar-refractivity contribution in [3.8, 4) is 0 Å². The highest BCUT2D eigenvalue weighted by Crippen LogP contribution is 2.45. The van der Waals surface area contributed by atoms with E-state index in [1.165, 1.54) is 0 Å². The van der Waals surface area contributed by atoms with E-state index in [-0.39, 0.29) is 23.4 Å². The summed E-state index contributed by atoms with van der Waals surface area (Å²) < 4.78 is 5.26. The monoisotopic (exact) mass is 300 g/mol. The molecule has 2 aliphatic heterocycles. The summed E-state index contributed by atoms with van der Waals surface area (Å²) in [5.41, 5.74) is 0. The maximum atomic E-state index is 12.7. The van der Waals surface area contributed by atoms with Gasteiger partial charge in [-0.25, -0.2) is 4.79 Å². The number of thioether (sulfide) groups is 1. The molecular weight excluding hydrogens is 280 g/mol. The standard InChI is InChI=1S/C13H20N2O4S/c1-19-8-4-9(14-5-8)11(16)15-10(13(17)18)6-20-12(15)7-2-3-7/h7-10,12,14H,2-6H2,1H3,(H,17,18). The van der Waals surface area contributed by atoms with Crippen molar-refractivity contribution in [3.05, 3.63) is 0 Å². The molecule has 3 rings (SSSR count). The summed E-state index contributed by atoms with van der Waals surface area (Å²) in [6, 6.07) is -0.983. The lowest BCUT2D eigenvalue weighted by Crippen LogP contribution is -2.52. The Bertz CT molecular complexity index is 415. The lowest BCUT2D eigenvalue weighted by Gasteiger charge is -2.29. The van der Waals surface area contributed by atoms with E-state index < -0.39 is 12.0 Å². The molecule has 3 fully saturated rings. The average Bonchev–Trinajstić information content (AvgIpc) is 3.02. The van der Waals surface area contributed by atoms with Gasteiger partial charge >= 0.3 is 5.97 Å². The summed E-state index contributed by atoms with van der Waals surface area (Å²) in [7, 11) is 1.64. The number of hydrogen-bond acceptors (Lipinski definition) is 5. The SMILES string of the molecule is COC1CNC(C(=O)N2C(C(=O)O)CSC2C2CC2)C1. The Labute approximate surface area is 122 Å². The van der Waals surface area contributed by atoms with Crippen LogP contribution in [0.3, 0.4) is 0 Å². The molecule has 3 aliphatic rings. The van der Waals surface area contributed by atoms with E-state index >= 15 is 0 Å². The van der Waals surface area contributed by atoms with E-state index in [0.29, 0.717) is 24.6 Å². The van der Waals surface area contributed by atoms with Crippen LogP contribution in [0.4, 0.5) is 0 Å². The number of amides is 1. The third kappa shape index (κ3) is 2.54. The molecule has 4 unspecified atom stereocenters. The van der Waals surface area contributed by atoms with Gasteiger partial charge in [0, 0.05) is 19.4 Å². The molecule has 1 amide bonds. The average molecular weight is 300 g/mol. The minimum Gasteiger partial charge on any atom is -0.480 e. The molecule has 1 saturated carbocycles. The quantitative estimate of drug-likeness (QED) is 0.768. The van der Waals surface area contributed by atoms with Crippen LogP contribution in [-0.4, -0.2) is 64.9 Å². The zero-order chi connectivity index (χ0) is 14.3. The normalized spacial score (nSPS) is 37.4. The first-order valence-electron chi connectivity index (χ1n) is 7.04. The van der Waals surface area contributed by atoms with Crippen LogP contribution in [0.2, 0.25) is 0 Å². The van der Waals surface area contributed by atoms with Gasteiger partial charge in [0.2, 0.25) is 5.91 Å². The largest absolute Gasteiger partial charge is 0.480 e. The fourth-order valence-corrected chi connectivity index (χ4v) is 4.63.